The van der Waals surface area contributed by atoms with Crippen molar-refractivity contribution >= 4 is 11.8 Å². The zero-order chi connectivity index (χ0) is 14.0. The molecule has 3 atom stereocenters. The van der Waals surface area contributed by atoms with Crippen LogP contribution in [-0.2, 0) is 4.74 Å². The molecule has 2 heterocycles. The molecule has 2 saturated heterocycles. The van der Waals surface area contributed by atoms with E-state index in [2.05, 4.69) is 5.32 Å². The van der Waals surface area contributed by atoms with Crippen LogP contribution in [0.2, 0.25) is 0 Å². The largest absolute Gasteiger partial charge is 0.374 e. The molecular formula is C16H22FNOS. The molecule has 0 bridgehead atoms. The summed E-state index contributed by atoms with van der Waals surface area (Å²) in [5, 5.41) is 3.33. The minimum atomic E-state index is -0.104. The summed E-state index contributed by atoms with van der Waals surface area (Å²) in [4.78, 5) is 0. The van der Waals surface area contributed by atoms with Crippen molar-refractivity contribution in [2.75, 3.05) is 25.2 Å². The molecule has 2 aliphatic heterocycles. The van der Waals surface area contributed by atoms with Crippen molar-refractivity contribution in [3.63, 3.8) is 0 Å². The van der Waals surface area contributed by atoms with Gasteiger partial charge in [-0.25, -0.2) is 4.39 Å². The first-order chi connectivity index (χ1) is 9.74. The van der Waals surface area contributed by atoms with Gasteiger partial charge in [0.15, 0.2) is 0 Å². The van der Waals surface area contributed by atoms with Gasteiger partial charge in [-0.1, -0.05) is 18.2 Å². The molecule has 4 heteroatoms. The number of rotatable bonds is 3. The quantitative estimate of drug-likeness (QED) is 0.923. The second kappa shape index (κ2) is 6.04. The third kappa shape index (κ3) is 2.74. The highest BCUT2D eigenvalue weighted by Crippen LogP contribution is 2.44. The number of benzene rings is 1. The average molecular weight is 295 g/mol. The third-order valence-electron chi connectivity index (χ3n) is 4.62. The molecule has 1 aromatic carbocycles. The fourth-order valence-electron chi connectivity index (χ4n) is 3.59. The summed E-state index contributed by atoms with van der Waals surface area (Å²) in [6, 6.07) is 7.22. The van der Waals surface area contributed by atoms with Crippen molar-refractivity contribution in [3.05, 3.63) is 35.6 Å². The molecule has 0 amide bonds. The van der Waals surface area contributed by atoms with Gasteiger partial charge >= 0.3 is 0 Å². The van der Waals surface area contributed by atoms with Gasteiger partial charge in [-0.3, -0.25) is 0 Å². The van der Waals surface area contributed by atoms with Crippen LogP contribution in [0, 0.1) is 11.7 Å². The van der Waals surface area contributed by atoms with Crippen LogP contribution in [0.15, 0.2) is 24.3 Å². The van der Waals surface area contributed by atoms with E-state index in [-0.39, 0.29) is 17.5 Å². The van der Waals surface area contributed by atoms with Gasteiger partial charge in [0.1, 0.15) is 5.82 Å². The lowest BCUT2D eigenvalue weighted by atomic mass is 9.79. The number of thioether (sulfide) groups is 1. The smallest absolute Gasteiger partial charge is 0.127 e. The summed E-state index contributed by atoms with van der Waals surface area (Å²) in [6.07, 6.45) is 3.19. The first kappa shape index (κ1) is 14.4. The molecule has 1 spiro atoms. The molecular weight excluding hydrogens is 273 g/mol. The lowest BCUT2D eigenvalue weighted by Gasteiger charge is -2.41. The topological polar surface area (TPSA) is 21.3 Å². The summed E-state index contributed by atoms with van der Waals surface area (Å²) >= 11 is 1.98. The molecule has 1 N–H and O–H groups in total. The van der Waals surface area contributed by atoms with Crippen molar-refractivity contribution < 1.29 is 9.13 Å². The molecule has 1 aromatic rings. The van der Waals surface area contributed by atoms with Crippen molar-refractivity contribution in [3.8, 4) is 0 Å². The Labute approximate surface area is 124 Å². The molecule has 0 aliphatic carbocycles. The van der Waals surface area contributed by atoms with E-state index in [1.807, 2.05) is 30.9 Å². The highest BCUT2D eigenvalue weighted by molar-refractivity contribution is 7.99. The SMILES string of the molecule is CNC(c1ccccc1F)C1CCOC2(CCSC2)C1. The Morgan fingerprint density at radius 1 is 1.45 bits per heavy atom. The number of hydrogen-bond acceptors (Lipinski definition) is 3. The number of halogens is 1. The maximum atomic E-state index is 14.1. The molecule has 3 unspecified atom stereocenters. The first-order valence-electron chi connectivity index (χ1n) is 7.37. The third-order valence-corrected chi connectivity index (χ3v) is 5.84. The minimum absolute atomic E-state index is 0.0495. The van der Waals surface area contributed by atoms with Gasteiger partial charge < -0.3 is 10.1 Å². The van der Waals surface area contributed by atoms with Crippen LogP contribution in [0.4, 0.5) is 4.39 Å². The first-order valence-corrected chi connectivity index (χ1v) is 8.53. The maximum absolute atomic E-state index is 14.1. The van der Waals surface area contributed by atoms with E-state index in [4.69, 9.17) is 4.74 Å². The van der Waals surface area contributed by atoms with Crippen LogP contribution in [0.25, 0.3) is 0 Å². The predicted octanol–water partition coefficient (Wildman–Crippen LogP) is 3.39. The van der Waals surface area contributed by atoms with Gasteiger partial charge in [0.2, 0.25) is 0 Å². The summed E-state index contributed by atoms with van der Waals surface area (Å²) in [5.41, 5.74) is 0.844. The van der Waals surface area contributed by atoms with Crippen LogP contribution >= 0.6 is 11.8 Å². The maximum Gasteiger partial charge on any atom is 0.127 e. The molecule has 0 radical (unpaired) electrons. The summed E-state index contributed by atoms with van der Waals surface area (Å²) in [5.74, 6) is 2.63. The zero-order valence-electron chi connectivity index (χ0n) is 11.9. The van der Waals surface area contributed by atoms with E-state index in [1.165, 1.54) is 5.75 Å². The second-order valence-electron chi connectivity index (χ2n) is 5.87. The standard InChI is InChI=1S/C16H22FNOS/c1-18-15(13-4-2-3-5-14(13)17)12-6-8-19-16(10-12)7-9-20-11-16/h2-5,12,15,18H,6-11H2,1H3. The number of ether oxygens (including phenoxy) is 1. The summed E-state index contributed by atoms with van der Waals surface area (Å²) in [7, 11) is 1.93. The van der Waals surface area contributed by atoms with E-state index in [1.54, 1.807) is 12.1 Å². The van der Waals surface area contributed by atoms with E-state index in [0.29, 0.717) is 5.92 Å². The fourth-order valence-corrected chi connectivity index (χ4v) is 4.96. The lowest BCUT2D eigenvalue weighted by Crippen LogP contribution is -2.43. The average Bonchev–Trinajstić information content (AvgIpc) is 2.90. The molecule has 0 aromatic heterocycles. The van der Waals surface area contributed by atoms with Gasteiger partial charge in [-0.2, -0.15) is 11.8 Å². The van der Waals surface area contributed by atoms with Gasteiger partial charge in [-0.05, 0) is 44.0 Å². The van der Waals surface area contributed by atoms with E-state index in [0.717, 1.165) is 37.2 Å². The second-order valence-corrected chi connectivity index (χ2v) is 6.98. The van der Waals surface area contributed by atoms with E-state index >= 15 is 0 Å². The Morgan fingerprint density at radius 3 is 3.00 bits per heavy atom. The molecule has 3 rings (SSSR count). The van der Waals surface area contributed by atoms with E-state index in [9.17, 15) is 4.39 Å². The monoisotopic (exact) mass is 295 g/mol. The van der Waals surface area contributed by atoms with Gasteiger partial charge in [-0.15, -0.1) is 0 Å². The summed E-state index contributed by atoms with van der Waals surface area (Å²) < 4.78 is 20.2. The predicted molar refractivity (Wildman–Crippen MR) is 81.5 cm³/mol. The molecule has 0 saturated carbocycles. The normalized spacial score (nSPS) is 31.6. The van der Waals surface area contributed by atoms with Crippen molar-refractivity contribution in [2.24, 2.45) is 5.92 Å². The zero-order valence-corrected chi connectivity index (χ0v) is 12.7. The van der Waals surface area contributed by atoms with Crippen LogP contribution in [-0.4, -0.2) is 30.8 Å². The van der Waals surface area contributed by atoms with E-state index < -0.39 is 0 Å². The highest BCUT2D eigenvalue weighted by Gasteiger charge is 2.42. The van der Waals surface area contributed by atoms with Crippen molar-refractivity contribution in [2.45, 2.75) is 30.9 Å². The Bertz CT molecular complexity index is 462. The van der Waals surface area contributed by atoms with Crippen molar-refractivity contribution in [1.82, 2.24) is 5.32 Å². The van der Waals surface area contributed by atoms with Crippen LogP contribution < -0.4 is 5.32 Å². The molecule has 2 nitrogen and oxygen atoms in total. The Hall–Kier alpha value is -0.580. The van der Waals surface area contributed by atoms with Gasteiger partial charge in [0.05, 0.1) is 5.60 Å². The van der Waals surface area contributed by atoms with Crippen LogP contribution in [0.3, 0.4) is 0 Å². The number of nitrogens with one attached hydrogen (secondary N) is 1. The van der Waals surface area contributed by atoms with Crippen LogP contribution in [0.1, 0.15) is 30.9 Å². The van der Waals surface area contributed by atoms with Crippen molar-refractivity contribution in [1.29, 1.82) is 0 Å². The summed E-state index contributed by atoms with van der Waals surface area (Å²) in [6.45, 7) is 0.803. The van der Waals surface area contributed by atoms with Gasteiger partial charge in [0, 0.05) is 24.0 Å². The number of hydrogen-bond donors (Lipinski definition) is 1. The Balaban J connectivity index is 1.81. The van der Waals surface area contributed by atoms with Crippen LogP contribution in [0.5, 0.6) is 0 Å². The Kier molecular flexibility index (Phi) is 4.34. The Morgan fingerprint density at radius 2 is 2.30 bits per heavy atom. The molecule has 20 heavy (non-hydrogen) atoms. The molecule has 2 aliphatic rings. The van der Waals surface area contributed by atoms with Gasteiger partial charge in [0.25, 0.3) is 0 Å². The lowest BCUT2D eigenvalue weighted by molar-refractivity contribution is -0.0852. The molecule has 110 valence electrons. The highest BCUT2D eigenvalue weighted by atomic mass is 32.2. The fraction of sp³-hybridized carbons (Fsp3) is 0.625. The minimum Gasteiger partial charge on any atom is -0.374 e. The molecule has 2 fully saturated rings.